The van der Waals surface area contributed by atoms with Crippen molar-refractivity contribution in [3.63, 3.8) is 0 Å². The standard InChI is InChI=1S/C30H22O11/c1-39-30-26(38)23-19(35)9-17(34)10-21(23)40-28(30)18-11-20(36)29-24(25(18)37)22(12-2-4-14(31)5-3-12)27(41-29)13-6-15(32)8-16(33)7-13/h2-11,22,27,31-37H,1H3/t22-,27-/m0/s1. The Morgan fingerprint density at radius 3 is 2.05 bits per heavy atom. The van der Waals surface area contributed by atoms with Crippen LogP contribution in [0.25, 0.3) is 22.3 Å². The lowest BCUT2D eigenvalue weighted by atomic mass is 9.83. The molecule has 4 aromatic carbocycles. The molecule has 1 aliphatic rings. The van der Waals surface area contributed by atoms with E-state index in [-0.39, 0.29) is 62.4 Å². The summed E-state index contributed by atoms with van der Waals surface area (Å²) in [5.41, 5.74) is -0.225. The van der Waals surface area contributed by atoms with E-state index in [0.29, 0.717) is 11.1 Å². The van der Waals surface area contributed by atoms with Crippen LogP contribution < -0.4 is 14.9 Å². The molecule has 0 aliphatic carbocycles. The molecule has 11 heteroatoms. The Kier molecular flexibility index (Phi) is 5.73. The fourth-order valence-corrected chi connectivity index (χ4v) is 5.29. The fraction of sp³-hybridized carbons (Fsp3) is 0.100. The van der Waals surface area contributed by atoms with Crippen LogP contribution in [-0.2, 0) is 0 Å². The number of methoxy groups -OCH3 is 1. The SMILES string of the molecule is COc1c(-c2cc(O)c3c(c2O)[C@H](c2ccc(O)cc2)[C@H](c2cc(O)cc(O)c2)O3)oc2cc(O)cc(O)c2c1=O. The van der Waals surface area contributed by atoms with Crippen LogP contribution in [0, 0.1) is 0 Å². The molecule has 5 aromatic rings. The third-order valence-corrected chi connectivity index (χ3v) is 7.00. The molecule has 208 valence electrons. The van der Waals surface area contributed by atoms with Crippen molar-refractivity contribution in [3.8, 4) is 63.1 Å². The molecule has 7 N–H and O–H groups in total. The van der Waals surface area contributed by atoms with Gasteiger partial charge in [0.15, 0.2) is 17.3 Å². The molecule has 0 unspecified atom stereocenters. The zero-order chi connectivity index (χ0) is 29.2. The second-order valence-corrected chi connectivity index (χ2v) is 9.56. The van der Waals surface area contributed by atoms with Gasteiger partial charge < -0.3 is 49.6 Å². The largest absolute Gasteiger partial charge is 0.508 e. The third-order valence-electron chi connectivity index (χ3n) is 7.00. The minimum Gasteiger partial charge on any atom is -0.508 e. The van der Waals surface area contributed by atoms with Crippen molar-refractivity contribution in [1.82, 2.24) is 0 Å². The monoisotopic (exact) mass is 558 g/mol. The first kappa shape index (κ1) is 25.6. The predicted molar refractivity (Wildman–Crippen MR) is 144 cm³/mol. The van der Waals surface area contributed by atoms with E-state index in [1.807, 2.05) is 0 Å². The lowest BCUT2D eigenvalue weighted by Crippen LogP contribution is -2.11. The van der Waals surface area contributed by atoms with Crippen molar-refractivity contribution in [1.29, 1.82) is 0 Å². The molecule has 0 amide bonds. The number of hydrogen-bond donors (Lipinski definition) is 7. The van der Waals surface area contributed by atoms with E-state index < -0.39 is 34.7 Å². The maximum Gasteiger partial charge on any atom is 0.239 e. The first-order valence-electron chi connectivity index (χ1n) is 12.2. The Morgan fingerprint density at radius 2 is 1.39 bits per heavy atom. The molecule has 1 aromatic heterocycles. The van der Waals surface area contributed by atoms with Crippen LogP contribution in [0.2, 0.25) is 0 Å². The molecule has 0 saturated heterocycles. The summed E-state index contributed by atoms with van der Waals surface area (Å²) in [6.07, 6.45) is -0.973. The van der Waals surface area contributed by atoms with Crippen molar-refractivity contribution in [2.45, 2.75) is 12.0 Å². The minimum atomic E-state index is -0.973. The Bertz CT molecular complexity index is 1890. The van der Waals surface area contributed by atoms with E-state index in [1.54, 1.807) is 12.1 Å². The summed E-state index contributed by atoms with van der Waals surface area (Å²) < 4.78 is 17.2. The summed E-state index contributed by atoms with van der Waals surface area (Å²) in [6, 6.07) is 13.1. The summed E-state index contributed by atoms with van der Waals surface area (Å²) in [7, 11) is 1.19. The van der Waals surface area contributed by atoms with Gasteiger partial charge in [0.25, 0.3) is 0 Å². The number of ether oxygens (including phenoxy) is 2. The molecular formula is C30H22O11. The number of aromatic hydroxyl groups is 7. The van der Waals surface area contributed by atoms with Crippen LogP contribution in [0.1, 0.15) is 28.7 Å². The third kappa shape index (κ3) is 4.02. The average molecular weight is 558 g/mol. The number of hydrogen-bond acceptors (Lipinski definition) is 11. The van der Waals surface area contributed by atoms with Crippen LogP contribution in [0.15, 0.2) is 69.9 Å². The highest BCUT2D eigenvalue weighted by Gasteiger charge is 2.42. The Labute approximate surface area is 230 Å². The highest BCUT2D eigenvalue weighted by molar-refractivity contribution is 5.89. The Balaban J connectivity index is 1.63. The maximum absolute atomic E-state index is 13.3. The molecule has 1 aliphatic heterocycles. The highest BCUT2D eigenvalue weighted by atomic mass is 16.5. The number of rotatable bonds is 4. The smallest absolute Gasteiger partial charge is 0.239 e. The average Bonchev–Trinajstić information content (AvgIpc) is 3.32. The minimum absolute atomic E-state index is 0.0190. The van der Waals surface area contributed by atoms with Crippen molar-refractivity contribution >= 4 is 11.0 Å². The lowest BCUT2D eigenvalue weighted by Gasteiger charge is -2.21. The summed E-state index contributed by atoms with van der Waals surface area (Å²) in [5.74, 6) is -3.96. The van der Waals surface area contributed by atoms with E-state index in [0.717, 1.165) is 24.3 Å². The first-order valence-corrected chi connectivity index (χ1v) is 12.2. The second-order valence-electron chi connectivity index (χ2n) is 9.56. The molecule has 2 atom stereocenters. The second kappa shape index (κ2) is 9.19. The van der Waals surface area contributed by atoms with E-state index in [9.17, 15) is 40.5 Å². The van der Waals surface area contributed by atoms with Crippen LogP contribution in [0.5, 0.6) is 51.7 Å². The lowest BCUT2D eigenvalue weighted by molar-refractivity contribution is 0.214. The maximum atomic E-state index is 13.3. The Morgan fingerprint density at radius 1 is 0.732 bits per heavy atom. The van der Waals surface area contributed by atoms with Gasteiger partial charge in [-0.05, 0) is 35.9 Å². The van der Waals surface area contributed by atoms with Gasteiger partial charge in [-0.1, -0.05) is 12.1 Å². The van der Waals surface area contributed by atoms with Gasteiger partial charge in [0.1, 0.15) is 51.6 Å². The highest BCUT2D eigenvalue weighted by Crippen LogP contribution is 2.59. The summed E-state index contributed by atoms with van der Waals surface area (Å²) in [5, 5.41) is 72.9. The molecule has 0 saturated carbocycles. The summed E-state index contributed by atoms with van der Waals surface area (Å²) in [6.45, 7) is 0. The molecule has 0 radical (unpaired) electrons. The van der Waals surface area contributed by atoms with Crippen LogP contribution in [-0.4, -0.2) is 42.9 Å². The molecule has 0 spiro atoms. The quantitative estimate of drug-likeness (QED) is 0.152. The van der Waals surface area contributed by atoms with Crippen molar-refractivity contribution in [2.75, 3.05) is 7.11 Å². The van der Waals surface area contributed by atoms with Gasteiger partial charge in [0.2, 0.25) is 11.2 Å². The number of benzene rings is 4. The van der Waals surface area contributed by atoms with E-state index in [4.69, 9.17) is 13.9 Å². The summed E-state index contributed by atoms with van der Waals surface area (Å²) >= 11 is 0. The van der Waals surface area contributed by atoms with Crippen LogP contribution in [0.3, 0.4) is 0 Å². The molecule has 41 heavy (non-hydrogen) atoms. The van der Waals surface area contributed by atoms with Crippen molar-refractivity contribution in [3.05, 3.63) is 87.6 Å². The van der Waals surface area contributed by atoms with Gasteiger partial charge in [-0.15, -0.1) is 0 Å². The number of phenolic OH excluding ortho intramolecular Hbond substituents is 7. The molecular weight excluding hydrogens is 536 g/mol. The molecule has 11 nitrogen and oxygen atoms in total. The van der Waals surface area contributed by atoms with Gasteiger partial charge in [-0.2, -0.15) is 0 Å². The zero-order valence-corrected chi connectivity index (χ0v) is 21.2. The Hall–Kier alpha value is -5.71. The molecule has 0 fully saturated rings. The van der Waals surface area contributed by atoms with Crippen molar-refractivity contribution < 1.29 is 49.6 Å². The topological polar surface area (TPSA) is 190 Å². The van der Waals surface area contributed by atoms with Gasteiger partial charge in [0, 0.05) is 23.8 Å². The fourth-order valence-electron chi connectivity index (χ4n) is 5.29. The summed E-state index contributed by atoms with van der Waals surface area (Å²) in [4.78, 5) is 13.3. The first-order chi connectivity index (χ1) is 19.6. The van der Waals surface area contributed by atoms with E-state index >= 15 is 0 Å². The van der Waals surface area contributed by atoms with Crippen LogP contribution >= 0.6 is 0 Å². The predicted octanol–water partition coefficient (Wildman–Crippen LogP) is 4.67. The zero-order valence-electron chi connectivity index (χ0n) is 21.2. The van der Waals surface area contributed by atoms with E-state index in [1.165, 1.54) is 31.4 Å². The molecule has 2 heterocycles. The van der Waals surface area contributed by atoms with E-state index in [2.05, 4.69) is 0 Å². The van der Waals surface area contributed by atoms with Gasteiger partial charge >= 0.3 is 0 Å². The van der Waals surface area contributed by atoms with Crippen molar-refractivity contribution in [2.24, 2.45) is 0 Å². The molecule has 0 bridgehead atoms. The van der Waals surface area contributed by atoms with Gasteiger partial charge in [-0.25, -0.2) is 0 Å². The number of fused-ring (bicyclic) bond motifs is 2. The molecule has 6 rings (SSSR count). The normalized spacial score (nSPS) is 15.9. The van der Waals surface area contributed by atoms with Gasteiger partial charge in [-0.3, -0.25) is 4.79 Å². The van der Waals surface area contributed by atoms with Crippen LogP contribution in [0.4, 0.5) is 0 Å². The number of phenols is 7. The van der Waals surface area contributed by atoms with Gasteiger partial charge in [0.05, 0.1) is 24.2 Å².